The lowest BCUT2D eigenvalue weighted by Gasteiger charge is -2.10. The molecule has 0 atom stereocenters. The number of nitrogens with two attached hydrogens (primary N) is 1. The third kappa shape index (κ3) is 3.72. The molecule has 0 spiro atoms. The molecule has 4 N–H and O–H groups in total. The maximum absolute atomic E-state index is 6.00. The molecule has 0 amide bonds. The van der Waals surface area contributed by atoms with Crippen LogP contribution < -0.4 is 20.5 Å². The number of aromatic amines is 1. The van der Waals surface area contributed by atoms with Gasteiger partial charge in [-0.15, -0.1) is 0 Å². The summed E-state index contributed by atoms with van der Waals surface area (Å²) in [6, 6.07) is 11.9. The second-order valence-corrected chi connectivity index (χ2v) is 6.15. The Hall–Kier alpha value is -3.22. The Morgan fingerprint density at radius 2 is 2.04 bits per heavy atom. The van der Waals surface area contributed by atoms with Gasteiger partial charge in [-0.05, 0) is 30.2 Å². The predicted octanol–water partition coefficient (Wildman–Crippen LogP) is 2.69. The average molecular weight is 351 g/mol. The normalized spacial score (nSPS) is 14.2. The molecule has 1 aromatic heterocycles. The number of nitrogens with zero attached hydrogens (tertiary/aromatic N) is 2. The van der Waals surface area contributed by atoms with E-state index in [2.05, 4.69) is 38.7 Å². The van der Waals surface area contributed by atoms with E-state index in [9.17, 15) is 0 Å². The highest BCUT2D eigenvalue weighted by Gasteiger charge is 2.10. The van der Waals surface area contributed by atoms with Crippen LogP contribution in [-0.2, 0) is 6.42 Å². The molecule has 4 rings (SSSR count). The van der Waals surface area contributed by atoms with Gasteiger partial charge < -0.3 is 20.5 Å². The summed E-state index contributed by atoms with van der Waals surface area (Å²) in [5, 5.41) is 11.2. The summed E-state index contributed by atoms with van der Waals surface area (Å²) >= 11 is 0. The number of guanidine groups is 1. The lowest BCUT2D eigenvalue weighted by atomic mass is 10.1. The Balaban J connectivity index is 1.36. The molecular formula is C19H21N5O2. The van der Waals surface area contributed by atoms with Gasteiger partial charge in [-0.25, -0.2) is 0 Å². The van der Waals surface area contributed by atoms with Crippen LogP contribution in [0.15, 0.2) is 47.6 Å². The molecule has 0 saturated carbocycles. The maximum atomic E-state index is 6.00. The third-order valence-corrected chi connectivity index (χ3v) is 4.21. The Labute approximate surface area is 151 Å². The van der Waals surface area contributed by atoms with E-state index in [1.54, 1.807) is 0 Å². The van der Waals surface area contributed by atoms with Crippen LogP contribution in [0, 0.1) is 0 Å². The van der Waals surface area contributed by atoms with Crippen molar-refractivity contribution < 1.29 is 9.47 Å². The minimum Gasteiger partial charge on any atom is -0.490 e. The number of hydrogen-bond donors (Lipinski definition) is 3. The summed E-state index contributed by atoms with van der Waals surface area (Å²) in [6.45, 7) is 1.93. The monoisotopic (exact) mass is 351 g/mol. The number of ether oxygens (including phenoxy) is 2. The second-order valence-electron chi connectivity index (χ2n) is 6.15. The summed E-state index contributed by atoms with van der Waals surface area (Å²) < 4.78 is 11.3. The third-order valence-electron chi connectivity index (χ3n) is 4.21. The molecule has 0 radical (unpaired) electrons. The fourth-order valence-corrected chi connectivity index (χ4v) is 2.87. The van der Waals surface area contributed by atoms with Gasteiger partial charge in [0, 0.05) is 30.1 Å². The van der Waals surface area contributed by atoms with Crippen molar-refractivity contribution >= 4 is 22.5 Å². The first-order valence-electron chi connectivity index (χ1n) is 8.66. The van der Waals surface area contributed by atoms with E-state index in [0.717, 1.165) is 40.9 Å². The van der Waals surface area contributed by atoms with E-state index < -0.39 is 0 Å². The van der Waals surface area contributed by atoms with Crippen molar-refractivity contribution in [2.45, 2.75) is 12.8 Å². The molecule has 26 heavy (non-hydrogen) atoms. The summed E-state index contributed by atoms with van der Waals surface area (Å²) in [7, 11) is 0. The Kier molecular flexibility index (Phi) is 4.59. The number of rotatable bonds is 4. The molecule has 2 aromatic carbocycles. The van der Waals surface area contributed by atoms with E-state index in [4.69, 9.17) is 15.2 Å². The van der Waals surface area contributed by atoms with Crippen LogP contribution in [0.4, 0.5) is 5.69 Å². The number of H-pyrrole nitrogens is 1. The number of aliphatic imine (C=N–C) groups is 1. The largest absolute Gasteiger partial charge is 0.490 e. The van der Waals surface area contributed by atoms with Gasteiger partial charge in [-0.1, -0.05) is 12.1 Å². The fraction of sp³-hybridized carbons (Fsp3) is 0.263. The van der Waals surface area contributed by atoms with Crippen LogP contribution in [0.25, 0.3) is 10.9 Å². The predicted molar refractivity (Wildman–Crippen MR) is 102 cm³/mol. The molecule has 134 valence electrons. The van der Waals surface area contributed by atoms with Crippen molar-refractivity contribution in [1.82, 2.24) is 10.2 Å². The van der Waals surface area contributed by atoms with Crippen LogP contribution in [0.2, 0.25) is 0 Å². The summed E-state index contributed by atoms with van der Waals surface area (Å²) in [5.74, 6) is 1.87. The van der Waals surface area contributed by atoms with Gasteiger partial charge in [-0.2, -0.15) is 5.10 Å². The molecule has 2 heterocycles. The zero-order chi connectivity index (χ0) is 17.8. The topological polar surface area (TPSA) is 97.6 Å². The SMILES string of the molecule is NC(=NCCc1ccc2cn[nH]c2c1)Nc1ccc2c(c1)OCCCO2. The van der Waals surface area contributed by atoms with Gasteiger partial charge in [0.2, 0.25) is 0 Å². The van der Waals surface area contributed by atoms with E-state index in [1.165, 1.54) is 5.56 Å². The molecule has 0 unspecified atom stereocenters. The maximum Gasteiger partial charge on any atom is 0.193 e. The highest BCUT2D eigenvalue weighted by Crippen LogP contribution is 2.32. The molecule has 7 nitrogen and oxygen atoms in total. The van der Waals surface area contributed by atoms with Gasteiger partial charge in [0.25, 0.3) is 0 Å². The Morgan fingerprint density at radius 1 is 1.15 bits per heavy atom. The Bertz CT molecular complexity index is 935. The number of hydrogen-bond acceptors (Lipinski definition) is 4. The second kappa shape index (κ2) is 7.35. The van der Waals surface area contributed by atoms with Gasteiger partial charge in [0.1, 0.15) is 0 Å². The van der Waals surface area contributed by atoms with Gasteiger partial charge in [0.05, 0.1) is 24.9 Å². The molecular weight excluding hydrogens is 330 g/mol. The molecule has 7 heteroatoms. The molecule has 3 aromatic rings. The van der Waals surface area contributed by atoms with Crippen LogP contribution in [0.5, 0.6) is 11.5 Å². The summed E-state index contributed by atoms with van der Waals surface area (Å²) in [5.41, 5.74) is 9.05. The highest BCUT2D eigenvalue weighted by molar-refractivity contribution is 5.92. The van der Waals surface area contributed by atoms with Crippen molar-refractivity contribution in [3.05, 3.63) is 48.2 Å². The highest BCUT2D eigenvalue weighted by atomic mass is 16.5. The van der Waals surface area contributed by atoms with Gasteiger partial charge in [-0.3, -0.25) is 10.1 Å². The minimum atomic E-state index is 0.377. The zero-order valence-electron chi connectivity index (χ0n) is 14.4. The standard InChI is InChI=1S/C19H21N5O2/c20-19(21-7-6-13-2-3-14-12-22-24-16(14)10-13)23-15-4-5-17-18(11-15)26-9-1-8-25-17/h2-5,10-12H,1,6-9H2,(H,22,24)(H3,20,21,23). The van der Waals surface area contributed by atoms with Crippen molar-refractivity contribution in [2.24, 2.45) is 10.7 Å². The fourth-order valence-electron chi connectivity index (χ4n) is 2.87. The van der Waals surface area contributed by atoms with E-state index in [0.29, 0.717) is 25.7 Å². The number of anilines is 1. The van der Waals surface area contributed by atoms with Crippen LogP contribution >= 0.6 is 0 Å². The summed E-state index contributed by atoms with van der Waals surface area (Å²) in [6.07, 6.45) is 3.50. The molecule has 0 aliphatic carbocycles. The lowest BCUT2D eigenvalue weighted by Crippen LogP contribution is -2.23. The number of nitrogens with one attached hydrogen (secondary N) is 2. The zero-order valence-corrected chi connectivity index (χ0v) is 14.4. The van der Waals surface area contributed by atoms with Crippen LogP contribution in [0.3, 0.4) is 0 Å². The quantitative estimate of drug-likeness (QED) is 0.496. The molecule has 0 bridgehead atoms. The van der Waals surface area contributed by atoms with Crippen molar-refractivity contribution in [3.8, 4) is 11.5 Å². The average Bonchev–Trinajstić information content (AvgIpc) is 2.98. The van der Waals surface area contributed by atoms with E-state index in [1.807, 2.05) is 24.4 Å². The first-order valence-corrected chi connectivity index (χ1v) is 8.66. The molecule has 1 aliphatic heterocycles. The molecule has 0 fully saturated rings. The van der Waals surface area contributed by atoms with Crippen molar-refractivity contribution in [3.63, 3.8) is 0 Å². The van der Waals surface area contributed by atoms with Gasteiger partial charge >= 0.3 is 0 Å². The first kappa shape index (κ1) is 16.3. The van der Waals surface area contributed by atoms with Gasteiger partial charge in [0.15, 0.2) is 17.5 Å². The first-order chi connectivity index (χ1) is 12.8. The minimum absolute atomic E-state index is 0.377. The Morgan fingerprint density at radius 3 is 2.96 bits per heavy atom. The molecule has 0 saturated heterocycles. The number of benzene rings is 2. The van der Waals surface area contributed by atoms with E-state index >= 15 is 0 Å². The summed E-state index contributed by atoms with van der Waals surface area (Å²) in [4.78, 5) is 4.40. The number of aromatic nitrogens is 2. The lowest BCUT2D eigenvalue weighted by molar-refractivity contribution is 0.297. The van der Waals surface area contributed by atoms with E-state index in [-0.39, 0.29) is 0 Å². The number of fused-ring (bicyclic) bond motifs is 2. The van der Waals surface area contributed by atoms with Crippen LogP contribution in [0.1, 0.15) is 12.0 Å². The van der Waals surface area contributed by atoms with Crippen molar-refractivity contribution in [1.29, 1.82) is 0 Å². The smallest absolute Gasteiger partial charge is 0.193 e. The van der Waals surface area contributed by atoms with Crippen molar-refractivity contribution in [2.75, 3.05) is 25.1 Å². The molecule has 1 aliphatic rings. The van der Waals surface area contributed by atoms with Crippen LogP contribution in [-0.4, -0.2) is 35.9 Å².